The van der Waals surface area contributed by atoms with Crippen LogP contribution >= 0.6 is 0 Å². The van der Waals surface area contributed by atoms with Gasteiger partial charge in [0.1, 0.15) is 0 Å². The largest absolute Gasteiger partial charge is 0.462 e. The molecule has 146 valence electrons. The van der Waals surface area contributed by atoms with Crippen LogP contribution in [0.25, 0.3) is 10.8 Å². The zero-order valence-corrected chi connectivity index (χ0v) is 16.3. The molecule has 0 radical (unpaired) electrons. The second-order valence-corrected chi connectivity index (χ2v) is 6.76. The third-order valence-corrected chi connectivity index (χ3v) is 5.01. The number of hydrogen-bond donors (Lipinski definition) is 1. The highest BCUT2D eigenvalue weighted by molar-refractivity contribution is 6.25. The van der Waals surface area contributed by atoms with Gasteiger partial charge < -0.3 is 9.72 Å². The van der Waals surface area contributed by atoms with Gasteiger partial charge in [0.25, 0.3) is 11.8 Å². The normalized spacial score (nSPS) is 13.6. The van der Waals surface area contributed by atoms with E-state index in [9.17, 15) is 14.4 Å². The van der Waals surface area contributed by atoms with E-state index < -0.39 is 17.8 Å². The molecule has 0 saturated heterocycles. The number of aromatic nitrogens is 1. The summed E-state index contributed by atoms with van der Waals surface area (Å²) >= 11 is 0. The zero-order valence-electron chi connectivity index (χ0n) is 16.3. The molecule has 0 unspecified atom stereocenters. The van der Waals surface area contributed by atoms with Crippen LogP contribution in [-0.2, 0) is 4.74 Å². The van der Waals surface area contributed by atoms with Crippen LogP contribution in [0.3, 0.4) is 0 Å². The third-order valence-electron chi connectivity index (χ3n) is 5.01. The first kappa shape index (κ1) is 18.6. The Hall–Kier alpha value is -3.74. The average molecular weight is 389 g/mol. The smallest absolute Gasteiger partial charge is 0.340 e. The summed E-state index contributed by atoms with van der Waals surface area (Å²) < 4.78 is 5.08. The second-order valence-electron chi connectivity index (χ2n) is 6.76. The van der Waals surface area contributed by atoms with E-state index in [0.717, 1.165) is 10.4 Å². The van der Waals surface area contributed by atoms with Gasteiger partial charge in [0, 0.05) is 11.1 Å². The van der Waals surface area contributed by atoms with Crippen molar-refractivity contribution in [1.29, 1.82) is 0 Å². The summed E-state index contributed by atoms with van der Waals surface area (Å²) in [6.07, 6.45) is 1.38. The number of rotatable bonds is 4. The lowest BCUT2D eigenvalue weighted by molar-refractivity contribution is 0.0523. The number of carbonyl (C=O) groups excluding carboxylic acids is 3. The molecular weight excluding hydrogens is 370 g/mol. The van der Waals surface area contributed by atoms with Crippen LogP contribution in [0.15, 0.2) is 41.5 Å². The third kappa shape index (κ3) is 2.91. The zero-order chi connectivity index (χ0) is 20.7. The van der Waals surface area contributed by atoms with Crippen molar-refractivity contribution in [2.24, 2.45) is 5.10 Å². The summed E-state index contributed by atoms with van der Waals surface area (Å²) in [5.74, 6) is -1.40. The Morgan fingerprint density at radius 3 is 2.31 bits per heavy atom. The number of aromatic amines is 1. The van der Waals surface area contributed by atoms with Gasteiger partial charge in [0.05, 0.1) is 35.2 Å². The van der Waals surface area contributed by atoms with Crippen LogP contribution in [0.1, 0.15) is 54.9 Å². The molecule has 0 spiro atoms. The molecule has 1 aromatic heterocycles. The van der Waals surface area contributed by atoms with Gasteiger partial charge in [-0.25, -0.2) is 4.79 Å². The van der Waals surface area contributed by atoms with E-state index in [2.05, 4.69) is 10.1 Å². The number of hydrazone groups is 1. The number of aryl methyl sites for hydroxylation is 1. The minimum absolute atomic E-state index is 0.272. The molecule has 1 aliphatic heterocycles. The second kappa shape index (κ2) is 7.01. The number of carbonyl (C=O) groups is 3. The van der Waals surface area contributed by atoms with Crippen LogP contribution in [0.5, 0.6) is 0 Å². The Kier molecular flexibility index (Phi) is 4.50. The van der Waals surface area contributed by atoms with Gasteiger partial charge in [0.15, 0.2) is 0 Å². The highest BCUT2D eigenvalue weighted by atomic mass is 16.5. The van der Waals surface area contributed by atoms with Gasteiger partial charge in [-0.15, -0.1) is 0 Å². The number of nitrogens with one attached hydrogen (secondary N) is 1. The lowest BCUT2D eigenvalue weighted by Gasteiger charge is -2.22. The quantitative estimate of drug-likeness (QED) is 0.419. The molecule has 7 nitrogen and oxygen atoms in total. The summed E-state index contributed by atoms with van der Waals surface area (Å²) in [5.41, 5.74) is 3.10. The number of amides is 2. The maximum Gasteiger partial charge on any atom is 0.340 e. The fraction of sp³-hybridized carbons (Fsp3) is 0.182. The van der Waals surface area contributed by atoms with Gasteiger partial charge in [-0.2, -0.15) is 10.1 Å². The van der Waals surface area contributed by atoms with Crippen LogP contribution < -0.4 is 0 Å². The number of ether oxygens (including phenoxy) is 1. The summed E-state index contributed by atoms with van der Waals surface area (Å²) in [6.45, 7) is 5.52. The van der Waals surface area contributed by atoms with Crippen molar-refractivity contribution in [3.8, 4) is 0 Å². The predicted octanol–water partition coefficient (Wildman–Crippen LogP) is 3.59. The molecule has 0 saturated carbocycles. The van der Waals surface area contributed by atoms with Crippen LogP contribution in [0, 0.1) is 13.8 Å². The van der Waals surface area contributed by atoms with E-state index in [4.69, 9.17) is 4.74 Å². The minimum Gasteiger partial charge on any atom is -0.462 e. The first-order chi connectivity index (χ1) is 13.9. The molecule has 7 heteroatoms. The molecule has 0 aliphatic carbocycles. The summed E-state index contributed by atoms with van der Waals surface area (Å²) in [5, 5.41) is 6.49. The Morgan fingerprint density at radius 2 is 1.72 bits per heavy atom. The SMILES string of the molecule is CCOC(=O)c1c(C)[nH]c(/C=N/N2C(=O)c3cccc4cccc(c34)C2=O)c1C. The lowest BCUT2D eigenvalue weighted by atomic mass is 9.95. The van der Waals surface area contributed by atoms with Gasteiger partial charge in [-0.3, -0.25) is 9.59 Å². The first-order valence-electron chi connectivity index (χ1n) is 9.24. The van der Waals surface area contributed by atoms with Crippen molar-refractivity contribution in [1.82, 2.24) is 9.99 Å². The maximum atomic E-state index is 12.9. The van der Waals surface area contributed by atoms with Gasteiger partial charge in [-0.1, -0.05) is 24.3 Å². The molecule has 0 atom stereocenters. The van der Waals surface area contributed by atoms with E-state index in [1.165, 1.54) is 6.21 Å². The number of H-pyrrole nitrogens is 1. The van der Waals surface area contributed by atoms with Gasteiger partial charge in [-0.05, 0) is 43.9 Å². The maximum absolute atomic E-state index is 12.9. The first-order valence-corrected chi connectivity index (χ1v) is 9.24. The molecule has 29 heavy (non-hydrogen) atoms. The summed E-state index contributed by atoms with van der Waals surface area (Å²) in [4.78, 5) is 41.0. The van der Waals surface area contributed by atoms with E-state index in [1.807, 2.05) is 12.1 Å². The van der Waals surface area contributed by atoms with E-state index in [1.54, 1.807) is 45.0 Å². The minimum atomic E-state index is -0.484. The van der Waals surface area contributed by atoms with Crippen molar-refractivity contribution >= 4 is 34.8 Å². The van der Waals surface area contributed by atoms with Crippen LogP contribution in [0.2, 0.25) is 0 Å². The topological polar surface area (TPSA) is 91.8 Å². The highest BCUT2D eigenvalue weighted by Gasteiger charge is 2.32. The molecule has 2 amide bonds. The number of nitrogens with zero attached hydrogens (tertiary/aromatic N) is 2. The number of esters is 1. The predicted molar refractivity (Wildman–Crippen MR) is 108 cm³/mol. The van der Waals surface area contributed by atoms with Crippen molar-refractivity contribution in [2.75, 3.05) is 6.61 Å². The molecular formula is C22H19N3O4. The molecule has 0 bridgehead atoms. The lowest BCUT2D eigenvalue weighted by Crippen LogP contribution is -2.36. The molecule has 0 fully saturated rings. The van der Waals surface area contributed by atoms with Crippen molar-refractivity contribution < 1.29 is 19.1 Å². The molecule has 2 aromatic carbocycles. The molecule has 4 rings (SSSR count). The van der Waals surface area contributed by atoms with Gasteiger partial charge in [0.2, 0.25) is 0 Å². The van der Waals surface area contributed by atoms with E-state index >= 15 is 0 Å². The Bertz CT molecular complexity index is 1160. The Labute approximate surface area is 167 Å². The monoisotopic (exact) mass is 389 g/mol. The number of imide groups is 1. The van der Waals surface area contributed by atoms with E-state index in [-0.39, 0.29) is 6.61 Å². The van der Waals surface area contributed by atoms with E-state index in [0.29, 0.717) is 39.0 Å². The van der Waals surface area contributed by atoms with Crippen LogP contribution in [-0.4, -0.2) is 40.6 Å². The average Bonchev–Trinajstić information content (AvgIpc) is 2.99. The standard InChI is InChI=1S/C22H19N3O4/c1-4-29-22(28)18-12(2)17(24-13(18)3)11-23-25-20(26)15-9-5-7-14-8-6-10-16(19(14)15)21(25)27/h5-11,24H,4H2,1-3H3/b23-11+. The summed E-state index contributed by atoms with van der Waals surface area (Å²) in [7, 11) is 0. The number of hydrogen-bond acceptors (Lipinski definition) is 5. The summed E-state index contributed by atoms with van der Waals surface area (Å²) in [6, 6.07) is 10.7. The van der Waals surface area contributed by atoms with Crippen LogP contribution in [0.4, 0.5) is 0 Å². The highest BCUT2D eigenvalue weighted by Crippen LogP contribution is 2.30. The molecule has 1 N–H and O–H groups in total. The molecule has 1 aliphatic rings. The fourth-order valence-corrected chi connectivity index (χ4v) is 3.65. The van der Waals surface area contributed by atoms with Crippen molar-refractivity contribution in [3.63, 3.8) is 0 Å². The van der Waals surface area contributed by atoms with Crippen molar-refractivity contribution in [2.45, 2.75) is 20.8 Å². The fourth-order valence-electron chi connectivity index (χ4n) is 3.65. The Balaban J connectivity index is 1.72. The van der Waals surface area contributed by atoms with Crippen molar-refractivity contribution in [3.05, 3.63) is 70.0 Å². The molecule has 2 heterocycles. The molecule has 3 aromatic rings. The van der Waals surface area contributed by atoms with Gasteiger partial charge >= 0.3 is 5.97 Å². The Morgan fingerprint density at radius 1 is 1.10 bits per heavy atom. The number of benzene rings is 2.